The van der Waals surface area contributed by atoms with Crippen LogP contribution in [0.5, 0.6) is 0 Å². The Bertz CT molecular complexity index is 767. The number of rotatable bonds is 2. The number of nitrogens with two attached hydrogens (primary N) is 1. The maximum absolute atomic E-state index is 5.89. The first-order valence-corrected chi connectivity index (χ1v) is 6.47. The lowest BCUT2D eigenvalue weighted by molar-refractivity contribution is 0.432. The summed E-state index contributed by atoms with van der Waals surface area (Å²) in [4.78, 5) is 4.39. The Morgan fingerprint density at radius 3 is 2.70 bits per heavy atom. The third kappa shape index (κ3) is 2.38. The van der Waals surface area contributed by atoms with Gasteiger partial charge in [-0.2, -0.15) is 4.98 Å². The van der Waals surface area contributed by atoms with Crippen LogP contribution in [0.2, 0.25) is 5.02 Å². The minimum Gasteiger partial charge on any atom is -0.398 e. The molecule has 0 saturated carbocycles. The molecule has 1 aromatic heterocycles. The van der Waals surface area contributed by atoms with Crippen LogP contribution in [0, 0.1) is 6.92 Å². The molecule has 3 rings (SSSR count). The zero-order chi connectivity index (χ0) is 14.1. The fourth-order valence-electron chi connectivity index (χ4n) is 1.92. The van der Waals surface area contributed by atoms with E-state index in [9.17, 15) is 0 Å². The summed E-state index contributed by atoms with van der Waals surface area (Å²) in [5.41, 5.74) is 9.07. The Balaban J connectivity index is 1.99. The summed E-state index contributed by atoms with van der Waals surface area (Å²) in [7, 11) is 0. The van der Waals surface area contributed by atoms with Crippen LogP contribution >= 0.6 is 11.6 Å². The van der Waals surface area contributed by atoms with E-state index in [-0.39, 0.29) is 0 Å². The highest BCUT2D eigenvalue weighted by Gasteiger charge is 2.11. The van der Waals surface area contributed by atoms with Crippen LogP contribution < -0.4 is 5.73 Å². The monoisotopic (exact) mass is 285 g/mol. The molecular formula is C15H12ClN3O. The van der Waals surface area contributed by atoms with Gasteiger partial charge in [-0.1, -0.05) is 40.5 Å². The number of hydrogen-bond donors (Lipinski definition) is 1. The van der Waals surface area contributed by atoms with E-state index < -0.39 is 0 Å². The first kappa shape index (κ1) is 12.7. The molecule has 100 valence electrons. The van der Waals surface area contributed by atoms with E-state index in [1.807, 2.05) is 31.2 Å². The zero-order valence-electron chi connectivity index (χ0n) is 10.8. The Labute approximate surface area is 121 Å². The van der Waals surface area contributed by atoms with E-state index in [0.29, 0.717) is 22.4 Å². The summed E-state index contributed by atoms with van der Waals surface area (Å²) in [6, 6.07) is 13.2. The van der Waals surface area contributed by atoms with Crippen molar-refractivity contribution in [2.45, 2.75) is 6.92 Å². The van der Waals surface area contributed by atoms with Crippen molar-refractivity contribution >= 4 is 17.3 Å². The van der Waals surface area contributed by atoms with Gasteiger partial charge in [0.15, 0.2) is 0 Å². The molecule has 4 nitrogen and oxygen atoms in total. The van der Waals surface area contributed by atoms with Gasteiger partial charge in [-0.25, -0.2) is 0 Å². The molecule has 0 spiro atoms. The average molecular weight is 286 g/mol. The lowest BCUT2D eigenvalue weighted by Gasteiger charge is -1.99. The van der Waals surface area contributed by atoms with Gasteiger partial charge in [0.05, 0.1) is 10.7 Å². The Kier molecular flexibility index (Phi) is 3.16. The second-order valence-electron chi connectivity index (χ2n) is 4.53. The topological polar surface area (TPSA) is 64.9 Å². The van der Waals surface area contributed by atoms with Crippen molar-refractivity contribution in [3.8, 4) is 22.8 Å². The van der Waals surface area contributed by atoms with E-state index in [0.717, 1.165) is 16.7 Å². The van der Waals surface area contributed by atoms with E-state index in [4.69, 9.17) is 21.9 Å². The van der Waals surface area contributed by atoms with Gasteiger partial charge in [0.25, 0.3) is 5.89 Å². The van der Waals surface area contributed by atoms with Gasteiger partial charge in [-0.3, -0.25) is 0 Å². The molecule has 0 bridgehead atoms. The number of nitrogens with zero attached hydrogens (tertiary/aromatic N) is 2. The molecule has 0 amide bonds. The Hall–Kier alpha value is -2.33. The lowest BCUT2D eigenvalue weighted by Crippen LogP contribution is -1.87. The number of aromatic nitrogens is 2. The second-order valence-corrected chi connectivity index (χ2v) is 4.94. The smallest absolute Gasteiger partial charge is 0.258 e. The predicted molar refractivity (Wildman–Crippen MR) is 79.3 cm³/mol. The summed E-state index contributed by atoms with van der Waals surface area (Å²) in [6.07, 6.45) is 0. The molecule has 0 aliphatic rings. The zero-order valence-corrected chi connectivity index (χ0v) is 11.6. The van der Waals surface area contributed by atoms with Gasteiger partial charge in [-0.15, -0.1) is 0 Å². The number of nitrogen functional groups attached to an aromatic ring is 1. The molecule has 0 radical (unpaired) electrons. The minimum atomic E-state index is 0.421. The molecule has 2 N–H and O–H groups in total. The molecule has 0 aliphatic heterocycles. The highest BCUT2D eigenvalue weighted by molar-refractivity contribution is 6.33. The second kappa shape index (κ2) is 4.98. The van der Waals surface area contributed by atoms with Crippen LogP contribution in [0.25, 0.3) is 22.8 Å². The van der Waals surface area contributed by atoms with Crippen molar-refractivity contribution in [2.75, 3.05) is 5.73 Å². The third-order valence-electron chi connectivity index (χ3n) is 2.95. The van der Waals surface area contributed by atoms with Crippen LogP contribution in [0.3, 0.4) is 0 Å². The molecule has 1 heterocycles. The molecule has 0 saturated heterocycles. The van der Waals surface area contributed by atoms with Gasteiger partial charge < -0.3 is 10.3 Å². The van der Waals surface area contributed by atoms with Crippen molar-refractivity contribution in [1.82, 2.24) is 10.1 Å². The van der Waals surface area contributed by atoms with Crippen LogP contribution in [-0.2, 0) is 0 Å². The van der Waals surface area contributed by atoms with Gasteiger partial charge >= 0.3 is 0 Å². The van der Waals surface area contributed by atoms with Crippen molar-refractivity contribution in [2.24, 2.45) is 0 Å². The highest BCUT2D eigenvalue weighted by atomic mass is 35.5. The molecule has 0 atom stereocenters. The normalized spacial score (nSPS) is 10.7. The summed E-state index contributed by atoms with van der Waals surface area (Å²) >= 11 is 5.89. The van der Waals surface area contributed by atoms with Crippen LogP contribution in [0.4, 0.5) is 5.69 Å². The maximum Gasteiger partial charge on any atom is 0.258 e. The van der Waals surface area contributed by atoms with Crippen molar-refractivity contribution in [1.29, 1.82) is 0 Å². The van der Waals surface area contributed by atoms with Crippen molar-refractivity contribution < 1.29 is 4.52 Å². The van der Waals surface area contributed by atoms with E-state index >= 15 is 0 Å². The molecule has 0 unspecified atom stereocenters. The minimum absolute atomic E-state index is 0.421. The van der Waals surface area contributed by atoms with Crippen molar-refractivity contribution in [3.63, 3.8) is 0 Å². The van der Waals surface area contributed by atoms with Gasteiger partial charge in [0.1, 0.15) is 0 Å². The summed E-state index contributed by atoms with van der Waals surface area (Å²) in [5, 5.41) is 4.50. The molecule has 0 aliphatic carbocycles. The molecule has 3 aromatic rings. The van der Waals surface area contributed by atoms with E-state index in [1.165, 1.54) is 0 Å². The molecule has 0 fully saturated rings. The maximum atomic E-state index is 5.89. The molecule has 20 heavy (non-hydrogen) atoms. The Morgan fingerprint density at radius 2 is 1.95 bits per heavy atom. The van der Waals surface area contributed by atoms with Crippen LogP contribution in [-0.4, -0.2) is 10.1 Å². The fraction of sp³-hybridized carbons (Fsp3) is 0.0667. The fourth-order valence-corrected chi connectivity index (χ4v) is 2.04. The SMILES string of the molecule is Cc1cccc(-c2noc(-c3ccc(Cl)c(N)c3)n2)c1. The standard InChI is InChI=1S/C15H12ClN3O/c1-9-3-2-4-10(7-9)14-18-15(20-19-14)11-5-6-12(16)13(17)8-11/h2-8H,17H2,1H3. The Morgan fingerprint density at radius 1 is 1.10 bits per heavy atom. The van der Waals surface area contributed by atoms with E-state index in [1.54, 1.807) is 18.2 Å². The summed E-state index contributed by atoms with van der Waals surface area (Å²) in [6.45, 7) is 2.02. The first-order valence-electron chi connectivity index (χ1n) is 6.09. The van der Waals surface area contributed by atoms with E-state index in [2.05, 4.69) is 10.1 Å². The first-order chi connectivity index (χ1) is 9.63. The predicted octanol–water partition coefficient (Wildman–Crippen LogP) is 3.95. The summed E-state index contributed by atoms with van der Waals surface area (Å²) in [5.74, 6) is 0.974. The number of anilines is 1. The van der Waals surface area contributed by atoms with Gasteiger partial charge in [-0.05, 0) is 31.2 Å². The number of halogens is 1. The number of aryl methyl sites for hydroxylation is 1. The molecule has 5 heteroatoms. The van der Waals surface area contributed by atoms with Crippen molar-refractivity contribution in [3.05, 3.63) is 53.1 Å². The molecular weight excluding hydrogens is 274 g/mol. The quantitative estimate of drug-likeness (QED) is 0.724. The van der Waals surface area contributed by atoms with Gasteiger partial charge in [0, 0.05) is 11.1 Å². The van der Waals surface area contributed by atoms with Crippen LogP contribution in [0.15, 0.2) is 47.0 Å². The summed E-state index contributed by atoms with van der Waals surface area (Å²) < 4.78 is 5.28. The largest absolute Gasteiger partial charge is 0.398 e. The number of benzene rings is 2. The average Bonchev–Trinajstić information content (AvgIpc) is 2.92. The van der Waals surface area contributed by atoms with Gasteiger partial charge in [0.2, 0.25) is 5.82 Å². The highest BCUT2D eigenvalue weighted by Crippen LogP contribution is 2.27. The van der Waals surface area contributed by atoms with Crippen LogP contribution in [0.1, 0.15) is 5.56 Å². The number of hydrogen-bond acceptors (Lipinski definition) is 4. The molecule has 2 aromatic carbocycles. The lowest BCUT2D eigenvalue weighted by atomic mass is 10.1. The third-order valence-corrected chi connectivity index (χ3v) is 3.29.